The lowest BCUT2D eigenvalue weighted by Crippen LogP contribution is -2.30. The minimum atomic E-state index is -0.150. The Hall–Kier alpha value is -0.380. The molecule has 1 heterocycles. The van der Waals surface area contributed by atoms with E-state index in [1.165, 1.54) is 28.2 Å². The Bertz CT molecular complexity index is 357. The second-order valence-corrected chi connectivity index (χ2v) is 6.36. The number of hydrogen-bond donors (Lipinski definition) is 2. The summed E-state index contributed by atoms with van der Waals surface area (Å²) < 4.78 is 0. The maximum Gasteiger partial charge on any atom is 0.0692 e. The zero-order chi connectivity index (χ0) is 11.7. The number of nitrogens with one attached hydrogen (secondary N) is 1. The van der Waals surface area contributed by atoms with E-state index in [0.29, 0.717) is 12.0 Å². The number of rotatable bonds is 5. The molecule has 2 N–H and O–H groups in total. The highest BCUT2D eigenvalue weighted by Crippen LogP contribution is 2.32. The summed E-state index contributed by atoms with van der Waals surface area (Å²) in [5.74, 6) is 0.560. The van der Waals surface area contributed by atoms with Crippen molar-refractivity contribution >= 4 is 11.3 Å². The van der Waals surface area contributed by atoms with Crippen LogP contribution in [-0.4, -0.2) is 17.8 Å². The molecule has 2 unspecified atom stereocenters. The number of aliphatic hydroxyl groups excluding tert-OH is 1. The number of thiophene rings is 1. The average molecular weight is 239 g/mol. The predicted molar refractivity (Wildman–Crippen MR) is 68.9 cm³/mol. The summed E-state index contributed by atoms with van der Waals surface area (Å²) >= 11 is 1.85. The van der Waals surface area contributed by atoms with Crippen LogP contribution in [0.3, 0.4) is 0 Å². The van der Waals surface area contributed by atoms with Gasteiger partial charge in [0.25, 0.3) is 0 Å². The van der Waals surface area contributed by atoms with Gasteiger partial charge in [-0.3, -0.25) is 0 Å². The van der Waals surface area contributed by atoms with Crippen molar-refractivity contribution in [3.05, 3.63) is 21.4 Å². The quantitative estimate of drug-likeness (QED) is 0.828. The van der Waals surface area contributed by atoms with Crippen LogP contribution in [0.5, 0.6) is 0 Å². The maximum absolute atomic E-state index is 9.80. The Morgan fingerprint density at radius 2 is 2.19 bits per heavy atom. The lowest BCUT2D eigenvalue weighted by molar-refractivity contribution is 0.145. The fourth-order valence-electron chi connectivity index (χ4n) is 2.14. The first-order chi connectivity index (χ1) is 7.58. The van der Waals surface area contributed by atoms with Crippen LogP contribution in [0.4, 0.5) is 0 Å². The monoisotopic (exact) mass is 239 g/mol. The first-order valence-electron chi connectivity index (χ1n) is 6.06. The van der Waals surface area contributed by atoms with Crippen LogP contribution >= 0.6 is 11.3 Å². The summed E-state index contributed by atoms with van der Waals surface area (Å²) in [6, 6.07) is 2.60. The summed E-state index contributed by atoms with van der Waals surface area (Å²) in [6.45, 7) is 7.21. The molecule has 1 aliphatic rings. The molecule has 90 valence electrons. The lowest BCUT2D eigenvalue weighted by Gasteiger charge is -2.17. The smallest absolute Gasteiger partial charge is 0.0692 e. The van der Waals surface area contributed by atoms with Crippen LogP contribution in [0, 0.1) is 19.8 Å². The van der Waals surface area contributed by atoms with Crippen molar-refractivity contribution in [2.24, 2.45) is 5.92 Å². The van der Waals surface area contributed by atoms with Crippen molar-refractivity contribution in [3.8, 4) is 0 Å². The fraction of sp³-hybridized carbons (Fsp3) is 0.692. The third-order valence-electron chi connectivity index (χ3n) is 3.35. The van der Waals surface area contributed by atoms with Crippen molar-refractivity contribution in [2.45, 2.75) is 45.8 Å². The van der Waals surface area contributed by atoms with Crippen LogP contribution in [-0.2, 0) is 0 Å². The van der Waals surface area contributed by atoms with E-state index < -0.39 is 0 Å². The highest BCUT2D eigenvalue weighted by molar-refractivity contribution is 7.12. The largest absolute Gasteiger partial charge is 0.392 e. The summed E-state index contributed by atoms with van der Waals surface area (Å²) in [5, 5.41) is 13.2. The number of aryl methyl sites for hydroxylation is 2. The summed E-state index contributed by atoms with van der Waals surface area (Å²) in [5.41, 5.74) is 1.38. The van der Waals surface area contributed by atoms with Crippen LogP contribution < -0.4 is 5.32 Å². The van der Waals surface area contributed by atoms with E-state index in [0.717, 1.165) is 6.54 Å². The van der Waals surface area contributed by atoms with Gasteiger partial charge < -0.3 is 10.4 Å². The van der Waals surface area contributed by atoms with Gasteiger partial charge in [-0.05, 0) is 51.2 Å². The molecule has 1 fully saturated rings. The fourth-order valence-corrected chi connectivity index (χ4v) is 3.16. The predicted octanol–water partition coefficient (Wildman–Crippen LogP) is 2.79. The third kappa shape index (κ3) is 2.84. The minimum absolute atomic E-state index is 0.150. The highest BCUT2D eigenvalue weighted by Gasteiger charge is 2.29. The Labute approximate surface area is 102 Å². The van der Waals surface area contributed by atoms with Crippen molar-refractivity contribution < 1.29 is 5.11 Å². The van der Waals surface area contributed by atoms with Crippen LogP contribution in [0.15, 0.2) is 6.07 Å². The molecule has 2 rings (SSSR count). The van der Waals surface area contributed by atoms with E-state index in [1.807, 2.05) is 11.3 Å². The van der Waals surface area contributed by atoms with E-state index in [-0.39, 0.29) is 6.10 Å². The summed E-state index contributed by atoms with van der Waals surface area (Å²) in [4.78, 5) is 2.75. The second-order valence-electron chi connectivity index (χ2n) is 4.90. The SMILES string of the molecule is Cc1cc(C(C)NCC(O)C2CC2)c(C)s1. The molecule has 0 aliphatic heterocycles. The average Bonchev–Trinajstić information content (AvgIpc) is 3.01. The zero-order valence-electron chi connectivity index (χ0n) is 10.3. The van der Waals surface area contributed by atoms with Gasteiger partial charge in [0.2, 0.25) is 0 Å². The maximum atomic E-state index is 9.80. The van der Waals surface area contributed by atoms with Gasteiger partial charge in [0, 0.05) is 22.3 Å². The molecule has 1 aromatic rings. The molecule has 0 aromatic carbocycles. The van der Waals surface area contributed by atoms with Crippen molar-refractivity contribution in [3.63, 3.8) is 0 Å². The van der Waals surface area contributed by atoms with Gasteiger partial charge in [0.1, 0.15) is 0 Å². The molecule has 0 amide bonds. The first kappa shape index (κ1) is 12.1. The molecule has 1 aromatic heterocycles. The molecule has 3 heteroatoms. The van der Waals surface area contributed by atoms with E-state index >= 15 is 0 Å². The van der Waals surface area contributed by atoms with Gasteiger partial charge in [-0.2, -0.15) is 0 Å². The van der Waals surface area contributed by atoms with E-state index in [4.69, 9.17) is 0 Å². The van der Waals surface area contributed by atoms with Crippen molar-refractivity contribution in [1.82, 2.24) is 5.32 Å². The van der Waals surface area contributed by atoms with Gasteiger partial charge in [0.05, 0.1) is 6.10 Å². The first-order valence-corrected chi connectivity index (χ1v) is 6.88. The van der Waals surface area contributed by atoms with Crippen LogP contribution in [0.25, 0.3) is 0 Å². The van der Waals surface area contributed by atoms with E-state index in [9.17, 15) is 5.11 Å². The number of hydrogen-bond acceptors (Lipinski definition) is 3. The van der Waals surface area contributed by atoms with Crippen LogP contribution in [0.2, 0.25) is 0 Å². The Balaban J connectivity index is 1.87. The van der Waals surface area contributed by atoms with Gasteiger partial charge in [-0.15, -0.1) is 11.3 Å². The molecule has 2 atom stereocenters. The van der Waals surface area contributed by atoms with E-state index in [1.54, 1.807) is 0 Å². The van der Waals surface area contributed by atoms with Gasteiger partial charge in [-0.1, -0.05) is 0 Å². The Morgan fingerprint density at radius 3 is 2.69 bits per heavy atom. The Morgan fingerprint density at radius 1 is 1.50 bits per heavy atom. The summed E-state index contributed by atoms with van der Waals surface area (Å²) in [6.07, 6.45) is 2.25. The van der Waals surface area contributed by atoms with E-state index in [2.05, 4.69) is 32.2 Å². The van der Waals surface area contributed by atoms with Crippen LogP contribution in [0.1, 0.15) is 41.1 Å². The molecule has 0 bridgehead atoms. The second kappa shape index (κ2) is 4.86. The van der Waals surface area contributed by atoms with Crippen molar-refractivity contribution in [2.75, 3.05) is 6.54 Å². The lowest BCUT2D eigenvalue weighted by atomic mass is 10.1. The van der Waals surface area contributed by atoms with Gasteiger partial charge in [0.15, 0.2) is 0 Å². The van der Waals surface area contributed by atoms with Gasteiger partial charge >= 0.3 is 0 Å². The molecular formula is C13H21NOS. The molecule has 1 aliphatic carbocycles. The molecule has 1 saturated carbocycles. The van der Waals surface area contributed by atoms with Gasteiger partial charge in [-0.25, -0.2) is 0 Å². The minimum Gasteiger partial charge on any atom is -0.392 e. The topological polar surface area (TPSA) is 32.3 Å². The highest BCUT2D eigenvalue weighted by atomic mass is 32.1. The Kier molecular flexibility index (Phi) is 3.67. The van der Waals surface area contributed by atoms with Crippen molar-refractivity contribution in [1.29, 1.82) is 0 Å². The zero-order valence-corrected chi connectivity index (χ0v) is 11.1. The molecule has 2 nitrogen and oxygen atoms in total. The third-order valence-corrected chi connectivity index (χ3v) is 4.33. The molecule has 0 saturated heterocycles. The summed E-state index contributed by atoms with van der Waals surface area (Å²) in [7, 11) is 0. The molecular weight excluding hydrogens is 218 g/mol. The normalized spacial score (nSPS) is 19.8. The molecule has 0 spiro atoms. The molecule has 16 heavy (non-hydrogen) atoms. The number of aliphatic hydroxyl groups is 1. The standard InChI is InChI=1S/C13H21NOS/c1-8-6-12(10(3)16-8)9(2)14-7-13(15)11-4-5-11/h6,9,11,13-15H,4-5,7H2,1-3H3. The molecule has 0 radical (unpaired) electrons.